The molecule has 9 heteroatoms. The molecule has 2 saturated heterocycles. The Balaban J connectivity index is 1.72. The molecule has 0 unspecified atom stereocenters. The van der Waals surface area contributed by atoms with Gasteiger partial charge in [0.05, 0.1) is 45.7 Å². The number of rotatable bonds is 11. The molecule has 1 atom stereocenters. The third kappa shape index (κ3) is 6.20. The van der Waals surface area contributed by atoms with Gasteiger partial charge in [-0.3, -0.25) is 14.5 Å². The fraction of sp³-hybridized carbons (Fsp3) is 0.467. The Labute approximate surface area is 229 Å². The lowest BCUT2D eigenvalue weighted by Gasteiger charge is -2.29. The van der Waals surface area contributed by atoms with Crippen molar-refractivity contribution < 1.29 is 33.6 Å². The van der Waals surface area contributed by atoms with Gasteiger partial charge in [0.2, 0.25) is 0 Å². The van der Waals surface area contributed by atoms with Crippen molar-refractivity contribution >= 4 is 17.4 Å². The minimum atomic E-state index is -0.772. The van der Waals surface area contributed by atoms with Crippen LogP contribution >= 0.6 is 0 Å². The number of ketones is 1. The van der Waals surface area contributed by atoms with Crippen molar-refractivity contribution in [1.82, 2.24) is 9.80 Å². The molecule has 210 valence electrons. The van der Waals surface area contributed by atoms with E-state index in [0.717, 1.165) is 31.6 Å². The maximum atomic E-state index is 13.4. The van der Waals surface area contributed by atoms with Crippen molar-refractivity contribution in [2.45, 2.75) is 32.7 Å². The van der Waals surface area contributed by atoms with Gasteiger partial charge in [-0.2, -0.15) is 0 Å². The number of carbonyl (C=O) groups is 2. The number of aryl methyl sites for hydroxylation is 1. The summed E-state index contributed by atoms with van der Waals surface area (Å²) < 4.78 is 22.1. The number of morpholine rings is 1. The molecule has 39 heavy (non-hydrogen) atoms. The molecule has 1 amide bonds. The second-order valence-electron chi connectivity index (χ2n) is 9.74. The van der Waals surface area contributed by atoms with E-state index in [2.05, 4.69) is 4.90 Å². The average Bonchev–Trinajstić information content (AvgIpc) is 3.21. The Bertz CT molecular complexity index is 1220. The number of hydrogen-bond acceptors (Lipinski definition) is 8. The molecule has 1 N–H and O–H groups in total. The quantitative estimate of drug-likeness (QED) is 0.261. The van der Waals surface area contributed by atoms with Crippen LogP contribution in [0.15, 0.2) is 42.0 Å². The number of carbonyl (C=O) groups excluding carboxylic acids is 2. The van der Waals surface area contributed by atoms with E-state index in [9.17, 15) is 14.7 Å². The van der Waals surface area contributed by atoms with Gasteiger partial charge in [0.25, 0.3) is 11.7 Å². The van der Waals surface area contributed by atoms with Crippen LogP contribution in [0.25, 0.3) is 5.76 Å². The van der Waals surface area contributed by atoms with Crippen LogP contribution in [0, 0.1) is 6.92 Å². The van der Waals surface area contributed by atoms with Crippen LogP contribution in [-0.4, -0.2) is 86.8 Å². The number of amides is 1. The van der Waals surface area contributed by atoms with E-state index in [1.54, 1.807) is 48.4 Å². The molecule has 2 aliphatic heterocycles. The number of nitrogens with zero attached hydrogens (tertiary/aromatic N) is 2. The molecular formula is C30H38N2O7. The van der Waals surface area contributed by atoms with Crippen molar-refractivity contribution in [3.05, 3.63) is 58.7 Å². The molecule has 2 aromatic rings. The minimum absolute atomic E-state index is 0.0558. The summed E-state index contributed by atoms with van der Waals surface area (Å²) in [5.41, 5.74) is 1.99. The van der Waals surface area contributed by atoms with Gasteiger partial charge in [-0.1, -0.05) is 13.0 Å². The highest BCUT2D eigenvalue weighted by Gasteiger charge is 2.46. The number of methoxy groups -OCH3 is 2. The van der Waals surface area contributed by atoms with E-state index >= 15 is 0 Å². The van der Waals surface area contributed by atoms with Crippen molar-refractivity contribution in [1.29, 1.82) is 0 Å². The van der Waals surface area contributed by atoms with E-state index in [4.69, 9.17) is 18.9 Å². The number of aliphatic hydroxyl groups excluding tert-OH is 1. The fourth-order valence-corrected chi connectivity index (χ4v) is 5.10. The topological polar surface area (TPSA) is 97.8 Å². The zero-order valence-electron chi connectivity index (χ0n) is 23.2. The lowest BCUT2D eigenvalue weighted by Crippen LogP contribution is -2.38. The van der Waals surface area contributed by atoms with E-state index in [0.29, 0.717) is 61.2 Å². The maximum Gasteiger partial charge on any atom is 0.295 e. The van der Waals surface area contributed by atoms with Crippen molar-refractivity contribution in [3.63, 3.8) is 0 Å². The first-order chi connectivity index (χ1) is 18.9. The van der Waals surface area contributed by atoms with Gasteiger partial charge in [0.1, 0.15) is 11.5 Å². The molecule has 0 radical (unpaired) electrons. The molecular weight excluding hydrogens is 500 g/mol. The Kier molecular flexibility index (Phi) is 9.48. The average molecular weight is 539 g/mol. The van der Waals surface area contributed by atoms with Crippen LogP contribution in [0.3, 0.4) is 0 Å². The highest BCUT2D eigenvalue weighted by molar-refractivity contribution is 6.46. The van der Waals surface area contributed by atoms with Crippen molar-refractivity contribution in [2.24, 2.45) is 0 Å². The third-order valence-electron chi connectivity index (χ3n) is 7.15. The third-order valence-corrected chi connectivity index (χ3v) is 7.15. The Morgan fingerprint density at radius 1 is 1.00 bits per heavy atom. The second kappa shape index (κ2) is 13.0. The predicted molar refractivity (Wildman–Crippen MR) is 147 cm³/mol. The summed E-state index contributed by atoms with van der Waals surface area (Å²) in [5, 5.41) is 11.5. The SMILES string of the molecule is CCCOc1ccc(C(O)=C2C(=O)C(=O)N(CCCN3CCOCC3)[C@@H]2c2ccc(OC)c(OC)c2)cc1C. The Hall–Kier alpha value is -3.56. The lowest BCUT2D eigenvalue weighted by atomic mass is 9.94. The number of benzene rings is 2. The molecule has 0 spiro atoms. The highest BCUT2D eigenvalue weighted by atomic mass is 16.5. The number of ether oxygens (including phenoxy) is 4. The van der Waals surface area contributed by atoms with Gasteiger partial charge in [0.15, 0.2) is 11.5 Å². The molecule has 0 bridgehead atoms. The van der Waals surface area contributed by atoms with Gasteiger partial charge in [-0.25, -0.2) is 0 Å². The minimum Gasteiger partial charge on any atom is -0.507 e. The van der Waals surface area contributed by atoms with Gasteiger partial charge >= 0.3 is 0 Å². The predicted octanol–water partition coefficient (Wildman–Crippen LogP) is 3.95. The molecule has 0 saturated carbocycles. The molecule has 2 aromatic carbocycles. The summed E-state index contributed by atoms with van der Waals surface area (Å²) in [7, 11) is 3.08. The largest absolute Gasteiger partial charge is 0.507 e. The second-order valence-corrected chi connectivity index (χ2v) is 9.74. The van der Waals surface area contributed by atoms with Crippen LogP contribution in [0.2, 0.25) is 0 Å². The first-order valence-corrected chi connectivity index (χ1v) is 13.4. The standard InChI is InChI=1S/C30H38N2O7/c1-5-15-39-23-9-8-22(18-20(23)2)28(33)26-27(21-7-10-24(36-3)25(19-21)37-4)32(30(35)29(26)34)12-6-11-31-13-16-38-17-14-31/h7-10,18-19,27,33H,5-6,11-17H2,1-4H3/t27-/m1/s1. The fourth-order valence-electron chi connectivity index (χ4n) is 5.10. The summed E-state index contributed by atoms with van der Waals surface area (Å²) in [6, 6.07) is 9.79. The van der Waals surface area contributed by atoms with E-state index in [1.165, 1.54) is 7.11 Å². The van der Waals surface area contributed by atoms with Gasteiger partial charge in [0, 0.05) is 31.7 Å². The van der Waals surface area contributed by atoms with E-state index < -0.39 is 17.7 Å². The summed E-state index contributed by atoms with van der Waals surface area (Å²) in [5.74, 6) is 0.175. The number of aliphatic hydroxyl groups is 1. The number of Topliss-reactive ketones (excluding diaryl/α,β-unsaturated/α-hetero) is 1. The molecule has 9 nitrogen and oxygen atoms in total. The van der Waals surface area contributed by atoms with Crippen LogP contribution in [-0.2, 0) is 14.3 Å². The zero-order valence-corrected chi connectivity index (χ0v) is 23.2. The number of hydrogen-bond donors (Lipinski definition) is 1. The first kappa shape index (κ1) is 28.4. The summed E-state index contributed by atoms with van der Waals surface area (Å²) >= 11 is 0. The summed E-state index contributed by atoms with van der Waals surface area (Å²) in [4.78, 5) is 30.6. The van der Waals surface area contributed by atoms with Crippen LogP contribution in [0.4, 0.5) is 0 Å². The van der Waals surface area contributed by atoms with Crippen LogP contribution in [0.5, 0.6) is 17.2 Å². The summed E-state index contributed by atoms with van der Waals surface area (Å²) in [6.07, 6.45) is 1.56. The van der Waals surface area contributed by atoms with E-state index in [1.807, 2.05) is 13.8 Å². The van der Waals surface area contributed by atoms with Gasteiger partial charge in [-0.05, 0) is 61.2 Å². The Morgan fingerprint density at radius 3 is 2.38 bits per heavy atom. The van der Waals surface area contributed by atoms with E-state index in [-0.39, 0.29) is 11.3 Å². The Morgan fingerprint density at radius 2 is 1.72 bits per heavy atom. The smallest absolute Gasteiger partial charge is 0.295 e. The van der Waals surface area contributed by atoms with Gasteiger partial charge in [-0.15, -0.1) is 0 Å². The monoisotopic (exact) mass is 538 g/mol. The zero-order chi connectivity index (χ0) is 27.9. The summed E-state index contributed by atoms with van der Waals surface area (Å²) in [6.45, 7) is 8.71. The molecule has 0 aromatic heterocycles. The van der Waals surface area contributed by atoms with Crippen LogP contribution in [0.1, 0.15) is 42.5 Å². The highest BCUT2D eigenvalue weighted by Crippen LogP contribution is 2.42. The van der Waals surface area contributed by atoms with Crippen molar-refractivity contribution in [3.8, 4) is 17.2 Å². The first-order valence-electron chi connectivity index (χ1n) is 13.4. The maximum absolute atomic E-state index is 13.4. The molecule has 0 aliphatic carbocycles. The van der Waals surface area contributed by atoms with Gasteiger partial charge < -0.3 is 29.0 Å². The van der Waals surface area contributed by atoms with Crippen molar-refractivity contribution in [2.75, 3.05) is 60.2 Å². The normalized spacial score (nSPS) is 19.4. The molecule has 2 fully saturated rings. The molecule has 2 heterocycles. The lowest BCUT2D eigenvalue weighted by molar-refractivity contribution is -0.140. The molecule has 4 rings (SSSR count). The number of likely N-dealkylation sites (tertiary alicyclic amines) is 1. The van der Waals surface area contributed by atoms with Crippen LogP contribution < -0.4 is 14.2 Å². The molecule has 2 aliphatic rings.